The number of rotatable bonds is 1. The summed E-state index contributed by atoms with van der Waals surface area (Å²) < 4.78 is 5.79. The first-order chi connectivity index (χ1) is 8.02. The number of nitrogens with zero attached hydrogens (tertiary/aromatic N) is 1. The number of likely N-dealkylation sites (N-methyl/N-ethyl adjacent to an activating group) is 1. The first-order valence-corrected chi connectivity index (χ1v) is 5.67. The number of carbonyl (C=O) groups is 1. The molecule has 90 valence electrons. The molecule has 1 unspecified atom stereocenters. The summed E-state index contributed by atoms with van der Waals surface area (Å²) in [5.41, 5.74) is 3.20. The van der Waals surface area contributed by atoms with Gasteiger partial charge in [0.25, 0.3) is 5.91 Å². The van der Waals surface area contributed by atoms with Gasteiger partial charge >= 0.3 is 0 Å². The zero-order valence-corrected chi connectivity index (χ0v) is 10.7. The van der Waals surface area contributed by atoms with Gasteiger partial charge < -0.3 is 9.64 Å². The average molecular weight is 231 g/mol. The van der Waals surface area contributed by atoms with E-state index in [1.165, 1.54) is 0 Å². The van der Waals surface area contributed by atoms with Gasteiger partial charge in [-0.3, -0.25) is 4.79 Å². The highest BCUT2D eigenvalue weighted by molar-refractivity contribution is 5.89. The van der Waals surface area contributed by atoms with E-state index in [1.807, 2.05) is 38.1 Å². The van der Waals surface area contributed by atoms with Crippen LogP contribution in [0.3, 0.4) is 0 Å². The molecule has 2 rings (SSSR count). The number of hydrogen-bond donors (Lipinski definition) is 0. The van der Waals surface area contributed by atoms with Crippen molar-refractivity contribution in [2.75, 3.05) is 14.1 Å². The van der Waals surface area contributed by atoms with Crippen LogP contribution < -0.4 is 4.74 Å². The predicted octanol–water partition coefficient (Wildman–Crippen LogP) is 2.33. The molecule has 1 aromatic carbocycles. The van der Waals surface area contributed by atoms with Crippen LogP contribution in [-0.4, -0.2) is 31.0 Å². The molecule has 0 radical (unpaired) electrons. The number of benzene rings is 1. The lowest BCUT2D eigenvalue weighted by molar-refractivity contribution is -0.134. The molecule has 1 heterocycles. The van der Waals surface area contributed by atoms with Crippen molar-refractivity contribution in [3.8, 4) is 5.75 Å². The molecule has 1 atom stereocenters. The highest BCUT2D eigenvalue weighted by atomic mass is 16.5. The summed E-state index contributed by atoms with van der Waals surface area (Å²) in [6.07, 6.45) is -0.486. The molecule has 0 N–H and O–H groups in total. The Morgan fingerprint density at radius 1 is 1.24 bits per heavy atom. The first kappa shape index (κ1) is 11.7. The number of amides is 1. The Kier molecular flexibility index (Phi) is 2.92. The summed E-state index contributed by atoms with van der Waals surface area (Å²) in [5.74, 6) is 0.771. The minimum atomic E-state index is -0.486. The summed E-state index contributed by atoms with van der Waals surface area (Å²) in [5, 5.41) is 0. The number of fused-ring (bicyclic) bond motifs is 1. The fourth-order valence-electron chi connectivity index (χ4n) is 1.97. The van der Waals surface area contributed by atoms with Crippen molar-refractivity contribution in [1.82, 2.24) is 4.90 Å². The summed E-state index contributed by atoms with van der Waals surface area (Å²) in [7, 11) is 3.49. The van der Waals surface area contributed by atoms with E-state index in [2.05, 4.69) is 0 Å². The van der Waals surface area contributed by atoms with Crippen LogP contribution in [0.1, 0.15) is 19.4 Å². The Labute approximate surface area is 102 Å². The zero-order chi connectivity index (χ0) is 12.6. The lowest BCUT2D eigenvalue weighted by Gasteiger charge is -2.29. The van der Waals surface area contributed by atoms with Gasteiger partial charge in [-0.05, 0) is 31.1 Å². The third kappa shape index (κ3) is 1.93. The second-order valence-corrected chi connectivity index (χ2v) is 4.53. The molecule has 0 fully saturated rings. The predicted molar refractivity (Wildman–Crippen MR) is 67.8 cm³/mol. The van der Waals surface area contributed by atoms with Crippen LogP contribution in [0, 0.1) is 0 Å². The van der Waals surface area contributed by atoms with Crippen molar-refractivity contribution in [2.24, 2.45) is 0 Å². The van der Waals surface area contributed by atoms with Gasteiger partial charge in [0.05, 0.1) is 0 Å². The van der Waals surface area contributed by atoms with E-state index in [9.17, 15) is 4.79 Å². The normalized spacial score (nSPS) is 18.5. The third-order valence-corrected chi connectivity index (χ3v) is 3.19. The highest BCUT2D eigenvalue weighted by Crippen LogP contribution is 2.35. The Hall–Kier alpha value is -1.77. The number of carbonyl (C=O) groups excluding carboxylic acids is 1. The van der Waals surface area contributed by atoms with E-state index >= 15 is 0 Å². The quantitative estimate of drug-likeness (QED) is 0.742. The molecule has 0 aromatic heterocycles. The van der Waals surface area contributed by atoms with Crippen molar-refractivity contribution in [3.05, 3.63) is 35.4 Å². The molecule has 0 spiro atoms. The average Bonchev–Trinajstić information content (AvgIpc) is 2.33. The van der Waals surface area contributed by atoms with Crippen molar-refractivity contribution in [2.45, 2.75) is 20.0 Å². The third-order valence-electron chi connectivity index (χ3n) is 3.19. The Morgan fingerprint density at radius 2 is 1.88 bits per heavy atom. The maximum Gasteiger partial charge on any atom is 0.267 e. The Morgan fingerprint density at radius 3 is 2.53 bits per heavy atom. The Balaban J connectivity index is 2.45. The van der Waals surface area contributed by atoms with Crippen LogP contribution in [0.25, 0.3) is 5.57 Å². The minimum Gasteiger partial charge on any atom is -0.476 e. The van der Waals surface area contributed by atoms with Gasteiger partial charge in [-0.2, -0.15) is 0 Å². The molecular weight excluding hydrogens is 214 g/mol. The molecule has 3 nitrogen and oxygen atoms in total. The van der Waals surface area contributed by atoms with Gasteiger partial charge in [0.15, 0.2) is 6.10 Å². The fraction of sp³-hybridized carbons (Fsp3) is 0.357. The highest BCUT2D eigenvalue weighted by Gasteiger charge is 2.30. The molecule has 0 bridgehead atoms. The van der Waals surface area contributed by atoms with Crippen LogP contribution in [0.5, 0.6) is 5.75 Å². The van der Waals surface area contributed by atoms with E-state index in [4.69, 9.17) is 4.74 Å². The van der Waals surface area contributed by atoms with Gasteiger partial charge in [0.2, 0.25) is 0 Å². The first-order valence-electron chi connectivity index (χ1n) is 5.67. The van der Waals surface area contributed by atoms with E-state index in [-0.39, 0.29) is 5.91 Å². The van der Waals surface area contributed by atoms with Crippen molar-refractivity contribution in [1.29, 1.82) is 0 Å². The molecule has 0 saturated heterocycles. The van der Waals surface area contributed by atoms with Crippen LogP contribution in [0.15, 0.2) is 29.8 Å². The van der Waals surface area contributed by atoms with E-state index in [1.54, 1.807) is 19.0 Å². The van der Waals surface area contributed by atoms with Crippen LogP contribution in [0.4, 0.5) is 0 Å². The van der Waals surface area contributed by atoms with Gasteiger partial charge in [-0.25, -0.2) is 0 Å². The standard InChI is InChI=1S/C14H17NO2/c1-9-10(2)13(14(16)15(3)4)17-12-8-6-5-7-11(9)12/h5-8,13H,1-4H3. The summed E-state index contributed by atoms with van der Waals surface area (Å²) >= 11 is 0. The monoisotopic (exact) mass is 231 g/mol. The van der Waals surface area contributed by atoms with Crippen LogP contribution >= 0.6 is 0 Å². The van der Waals surface area contributed by atoms with Crippen LogP contribution in [0.2, 0.25) is 0 Å². The fourth-order valence-corrected chi connectivity index (χ4v) is 1.97. The van der Waals surface area contributed by atoms with Gasteiger partial charge in [-0.15, -0.1) is 0 Å². The largest absolute Gasteiger partial charge is 0.476 e. The molecule has 17 heavy (non-hydrogen) atoms. The topological polar surface area (TPSA) is 29.5 Å². The van der Waals surface area contributed by atoms with Crippen molar-refractivity contribution >= 4 is 11.5 Å². The smallest absolute Gasteiger partial charge is 0.267 e. The number of para-hydroxylation sites is 1. The molecule has 1 aliphatic rings. The maximum absolute atomic E-state index is 12.0. The summed E-state index contributed by atoms with van der Waals surface area (Å²) in [6, 6.07) is 7.82. The second kappa shape index (κ2) is 4.24. The lowest BCUT2D eigenvalue weighted by atomic mass is 9.94. The van der Waals surface area contributed by atoms with E-state index in [0.29, 0.717) is 0 Å². The SMILES string of the molecule is CC1=C(C)C(C(=O)N(C)C)Oc2ccccc21. The summed E-state index contributed by atoms with van der Waals surface area (Å²) in [6.45, 7) is 3.99. The number of hydrogen-bond acceptors (Lipinski definition) is 2. The summed E-state index contributed by atoms with van der Waals surface area (Å²) in [4.78, 5) is 13.6. The molecule has 0 aliphatic carbocycles. The van der Waals surface area contributed by atoms with Crippen molar-refractivity contribution in [3.63, 3.8) is 0 Å². The molecular formula is C14H17NO2. The van der Waals surface area contributed by atoms with Gasteiger partial charge in [-0.1, -0.05) is 18.2 Å². The number of allylic oxidation sites excluding steroid dienone is 1. The minimum absolute atomic E-state index is 0.0173. The molecule has 1 amide bonds. The molecule has 1 aliphatic heterocycles. The van der Waals surface area contributed by atoms with E-state index in [0.717, 1.165) is 22.5 Å². The maximum atomic E-state index is 12.0. The van der Waals surface area contributed by atoms with E-state index < -0.39 is 6.10 Å². The Bertz CT molecular complexity index is 489. The lowest BCUT2D eigenvalue weighted by Crippen LogP contribution is -2.40. The van der Waals surface area contributed by atoms with Gasteiger partial charge in [0, 0.05) is 19.7 Å². The van der Waals surface area contributed by atoms with Crippen LogP contribution in [-0.2, 0) is 4.79 Å². The molecule has 3 heteroatoms. The van der Waals surface area contributed by atoms with Crippen molar-refractivity contribution < 1.29 is 9.53 Å². The molecule has 0 saturated carbocycles. The van der Waals surface area contributed by atoms with Gasteiger partial charge in [0.1, 0.15) is 5.75 Å². The second-order valence-electron chi connectivity index (χ2n) is 4.53. The number of ether oxygens (including phenoxy) is 1. The molecule has 1 aromatic rings. The zero-order valence-electron chi connectivity index (χ0n) is 10.7.